The summed E-state index contributed by atoms with van der Waals surface area (Å²) in [5, 5.41) is 7.15. The van der Waals surface area contributed by atoms with Crippen molar-refractivity contribution in [2.45, 2.75) is 27.3 Å². The minimum absolute atomic E-state index is 0.740. The fourth-order valence-corrected chi connectivity index (χ4v) is 1.66. The normalized spacial score (nSPS) is 10.7. The van der Waals surface area contributed by atoms with E-state index in [1.54, 1.807) is 6.20 Å². The molecule has 0 saturated heterocycles. The Balaban J connectivity index is 2.23. The van der Waals surface area contributed by atoms with Gasteiger partial charge < -0.3 is 14.4 Å². The molecule has 2 heterocycles. The van der Waals surface area contributed by atoms with Gasteiger partial charge in [0.25, 0.3) is 0 Å². The topological polar surface area (TPSA) is 55.9 Å². The maximum absolute atomic E-state index is 5.14. The van der Waals surface area contributed by atoms with Crippen LogP contribution in [0, 0.1) is 13.8 Å². The molecule has 0 aromatic carbocycles. The van der Waals surface area contributed by atoms with E-state index in [0.29, 0.717) is 0 Å². The molecule has 0 aliphatic carbocycles. The number of nitrogens with zero attached hydrogens (tertiary/aromatic N) is 3. The number of rotatable bonds is 4. The Morgan fingerprint density at radius 2 is 2.25 bits per heavy atom. The molecule has 0 fully saturated rings. The molecule has 2 aromatic rings. The Bertz CT molecular complexity index is 453. The standard InChI is InChI=1S/C11H16N4O/c1-4-12-11-13-5-6-15(11)7-10-8(2)14-16-9(10)3/h5-6H,4,7H2,1-3H3,(H,12,13). The Morgan fingerprint density at radius 1 is 1.44 bits per heavy atom. The third-order valence-electron chi connectivity index (χ3n) is 2.56. The molecule has 0 unspecified atom stereocenters. The molecule has 0 spiro atoms. The molecule has 5 heteroatoms. The molecule has 0 atom stereocenters. The van der Waals surface area contributed by atoms with Crippen molar-refractivity contribution in [2.24, 2.45) is 0 Å². The second kappa shape index (κ2) is 4.38. The SMILES string of the molecule is CCNc1nccn1Cc1c(C)noc1C. The lowest BCUT2D eigenvalue weighted by Gasteiger charge is -2.07. The molecule has 16 heavy (non-hydrogen) atoms. The monoisotopic (exact) mass is 220 g/mol. The zero-order valence-electron chi connectivity index (χ0n) is 9.82. The van der Waals surface area contributed by atoms with Crippen molar-refractivity contribution in [2.75, 3.05) is 11.9 Å². The second-order valence-electron chi connectivity index (χ2n) is 3.71. The maximum Gasteiger partial charge on any atom is 0.203 e. The average Bonchev–Trinajstić information content (AvgIpc) is 2.81. The van der Waals surface area contributed by atoms with E-state index in [4.69, 9.17) is 4.52 Å². The van der Waals surface area contributed by atoms with Crippen molar-refractivity contribution in [1.82, 2.24) is 14.7 Å². The summed E-state index contributed by atoms with van der Waals surface area (Å²) in [6.45, 7) is 7.53. The van der Waals surface area contributed by atoms with Gasteiger partial charge in [0.05, 0.1) is 12.2 Å². The van der Waals surface area contributed by atoms with E-state index in [0.717, 1.165) is 36.1 Å². The van der Waals surface area contributed by atoms with Gasteiger partial charge in [-0.3, -0.25) is 0 Å². The van der Waals surface area contributed by atoms with Gasteiger partial charge in [-0.25, -0.2) is 4.98 Å². The highest BCUT2D eigenvalue weighted by Crippen LogP contribution is 2.16. The quantitative estimate of drug-likeness (QED) is 0.855. The average molecular weight is 220 g/mol. The van der Waals surface area contributed by atoms with Crippen LogP contribution >= 0.6 is 0 Å². The highest BCUT2D eigenvalue weighted by molar-refractivity contribution is 5.29. The minimum atomic E-state index is 0.740. The van der Waals surface area contributed by atoms with Gasteiger partial charge in [-0.15, -0.1) is 0 Å². The Kier molecular flexibility index (Phi) is 2.94. The Hall–Kier alpha value is -1.78. The molecular weight excluding hydrogens is 204 g/mol. The number of imidazole rings is 1. The van der Waals surface area contributed by atoms with Crippen LogP contribution in [0.25, 0.3) is 0 Å². The van der Waals surface area contributed by atoms with Crippen molar-refractivity contribution >= 4 is 5.95 Å². The van der Waals surface area contributed by atoms with Crippen LogP contribution in [0.5, 0.6) is 0 Å². The number of anilines is 1. The van der Waals surface area contributed by atoms with Crippen LogP contribution in [0.1, 0.15) is 23.9 Å². The molecule has 0 radical (unpaired) electrons. The number of hydrogen-bond donors (Lipinski definition) is 1. The molecule has 0 aliphatic rings. The fraction of sp³-hybridized carbons (Fsp3) is 0.455. The van der Waals surface area contributed by atoms with Crippen LogP contribution in [-0.4, -0.2) is 21.3 Å². The van der Waals surface area contributed by atoms with E-state index in [1.165, 1.54) is 0 Å². The zero-order chi connectivity index (χ0) is 11.5. The summed E-state index contributed by atoms with van der Waals surface area (Å²) < 4.78 is 7.19. The van der Waals surface area contributed by atoms with Crippen LogP contribution in [-0.2, 0) is 6.54 Å². The number of nitrogens with one attached hydrogen (secondary N) is 1. The first-order valence-corrected chi connectivity index (χ1v) is 5.39. The first kappa shape index (κ1) is 10.7. The molecule has 2 aromatic heterocycles. The van der Waals surface area contributed by atoms with E-state index >= 15 is 0 Å². The van der Waals surface area contributed by atoms with Crippen LogP contribution in [0.3, 0.4) is 0 Å². The van der Waals surface area contributed by atoms with E-state index in [-0.39, 0.29) is 0 Å². The van der Waals surface area contributed by atoms with Crippen LogP contribution in [0.15, 0.2) is 16.9 Å². The molecule has 0 amide bonds. The molecule has 1 N–H and O–H groups in total. The van der Waals surface area contributed by atoms with E-state index in [1.807, 2.05) is 20.0 Å². The van der Waals surface area contributed by atoms with Crippen LogP contribution in [0.2, 0.25) is 0 Å². The second-order valence-corrected chi connectivity index (χ2v) is 3.71. The summed E-state index contributed by atoms with van der Waals surface area (Å²) in [5.74, 6) is 1.75. The van der Waals surface area contributed by atoms with E-state index < -0.39 is 0 Å². The largest absolute Gasteiger partial charge is 0.361 e. The van der Waals surface area contributed by atoms with Crippen molar-refractivity contribution in [1.29, 1.82) is 0 Å². The van der Waals surface area contributed by atoms with Crippen molar-refractivity contribution in [3.8, 4) is 0 Å². The van der Waals surface area contributed by atoms with Crippen molar-refractivity contribution in [3.05, 3.63) is 29.4 Å². The Morgan fingerprint density at radius 3 is 2.88 bits per heavy atom. The van der Waals surface area contributed by atoms with Gasteiger partial charge in [-0.05, 0) is 20.8 Å². The van der Waals surface area contributed by atoms with Gasteiger partial charge in [-0.1, -0.05) is 5.16 Å². The molecule has 0 aliphatic heterocycles. The fourth-order valence-electron chi connectivity index (χ4n) is 1.66. The van der Waals surface area contributed by atoms with Crippen molar-refractivity contribution < 1.29 is 4.52 Å². The predicted octanol–water partition coefficient (Wildman–Crippen LogP) is 1.97. The molecular formula is C11H16N4O. The van der Waals surface area contributed by atoms with Gasteiger partial charge in [0.15, 0.2) is 0 Å². The first-order chi connectivity index (χ1) is 7.72. The lowest BCUT2D eigenvalue weighted by Crippen LogP contribution is -2.08. The number of aryl methyl sites for hydroxylation is 2. The highest BCUT2D eigenvalue weighted by Gasteiger charge is 2.11. The summed E-state index contributed by atoms with van der Waals surface area (Å²) in [4.78, 5) is 4.25. The molecule has 2 rings (SSSR count). The maximum atomic E-state index is 5.14. The van der Waals surface area contributed by atoms with Gasteiger partial charge in [0, 0.05) is 24.5 Å². The lowest BCUT2D eigenvalue weighted by molar-refractivity contribution is 0.392. The number of aromatic nitrogens is 3. The summed E-state index contributed by atoms with van der Waals surface area (Å²) in [7, 11) is 0. The third kappa shape index (κ3) is 1.93. The van der Waals surface area contributed by atoms with Gasteiger partial charge in [-0.2, -0.15) is 0 Å². The molecule has 0 bridgehead atoms. The van der Waals surface area contributed by atoms with Crippen molar-refractivity contribution in [3.63, 3.8) is 0 Å². The summed E-state index contributed by atoms with van der Waals surface area (Å²) in [5.41, 5.74) is 2.06. The first-order valence-electron chi connectivity index (χ1n) is 5.39. The van der Waals surface area contributed by atoms with Gasteiger partial charge in [0.1, 0.15) is 5.76 Å². The zero-order valence-corrected chi connectivity index (χ0v) is 9.82. The van der Waals surface area contributed by atoms with Crippen LogP contribution < -0.4 is 5.32 Å². The lowest BCUT2D eigenvalue weighted by atomic mass is 10.2. The summed E-state index contributed by atoms with van der Waals surface area (Å²) in [6, 6.07) is 0. The van der Waals surface area contributed by atoms with Gasteiger partial charge in [0.2, 0.25) is 5.95 Å². The third-order valence-corrected chi connectivity index (χ3v) is 2.56. The molecule has 0 saturated carbocycles. The van der Waals surface area contributed by atoms with E-state index in [9.17, 15) is 0 Å². The highest BCUT2D eigenvalue weighted by atomic mass is 16.5. The summed E-state index contributed by atoms with van der Waals surface area (Å²) >= 11 is 0. The van der Waals surface area contributed by atoms with E-state index in [2.05, 4.69) is 26.9 Å². The molecule has 86 valence electrons. The van der Waals surface area contributed by atoms with Gasteiger partial charge >= 0.3 is 0 Å². The Labute approximate surface area is 94.5 Å². The smallest absolute Gasteiger partial charge is 0.203 e. The predicted molar refractivity (Wildman–Crippen MR) is 61.5 cm³/mol. The summed E-state index contributed by atoms with van der Waals surface area (Å²) in [6.07, 6.45) is 3.74. The minimum Gasteiger partial charge on any atom is -0.361 e. The molecule has 5 nitrogen and oxygen atoms in total. The van der Waals surface area contributed by atoms with Crippen LogP contribution in [0.4, 0.5) is 5.95 Å². The number of hydrogen-bond acceptors (Lipinski definition) is 4.